The molecule has 0 saturated carbocycles. The molecule has 0 rings (SSSR count). The van der Waals surface area contributed by atoms with Crippen molar-refractivity contribution in [2.75, 3.05) is 0 Å². The summed E-state index contributed by atoms with van der Waals surface area (Å²) >= 11 is 0. The predicted molar refractivity (Wildman–Crippen MR) is 12.2 cm³/mol. The van der Waals surface area contributed by atoms with E-state index in [9.17, 15) is 0 Å². The maximum atomic E-state index is 0. The molecule has 0 fully saturated rings. The second-order valence-corrected chi connectivity index (χ2v) is 0. The van der Waals surface area contributed by atoms with Crippen molar-refractivity contribution in [3.63, 3.8) is 0 Å². The molecule has 2 N–H and O–H groups in total. The van der Waals surface area contributed by atoms with Gasteiger partial charge >= 0.3 is 23.9 Å². The molecule has 0 heterocycles. The van der Waals surface area contributed by atoms with Crippen molar-refractivity contribution in [1.82, 2.24) is 0 Å². The van der Waals surface area contributed by atoms with Crippen LogP contribution in [0.1, 0.15) is 0 Å². The van der Waals surface area contributed by atoms with Crippen LogP contribution in [0, 0.1) is 0 Å². The van der Waals surface area contributed by atoms with E-state index in [0.29, 0.717) is 0 Å². The standard InChI is InChI=1S/Cd.H2O.Sn.Zn.2H/h;1H2;;;;. The van der Waals surface area contributed by atoms with Gasteiger partial charge in [-0.05, 0) is 0 Å². The second-order valence-electron chi connectivity index (χ2n) is 0. The van der Waals surface area contributed by atoms with E-state index >= 15 is 0 Å². The van der Waals surface area contributed by atoms with Gasteiger partial charge in [-0.2, -0.15) is 0 Å². The van der Waals surface area contributed by atoms with Crippen molar-refractivity contribution >= 4 is 23.9 Å². The van der Waals surface area contributed by atoms with Crippen molar-refractivity contribution < 1.29 is 52.3 Å². The van der Waals surface area contributed by atoms with Crippen LogP contribution in [0.3, 0.4) is 0 Å². The van der Waals surface area contributed by atoms with Crippen molar-refractivity contribution in [2.45, 2.75) is 0 Å². The van der Waals surface area contributed by atoms with Gasteiger partial charge in [0.1, 0.15) is 0 Å². The van der Waals surface area contributed by atoms with Crippen LogP contribution in [0.5, 0.6) is 0 Å². The van der Waals surface area contributed by atoms with Gasteiger partial charge in [-0.1, -0.05) is 0 Å². The Morgan fingerprint density at radius 3 is 1.00 bits per heavy atom. The van der Waals surface area contributed by atoms with E-state index in [2.05, 4.69) is 0 Å². The molecule has 0 aliphatic rings. The Morgan fingerprint density at radius 2 is 1.00 bits per heavy atom. The first-order valence-corrected chi connectivity index (χ1v) is 0. The zero-order chi connectivity index (χ0) is 0. The van der Waals surface area contributed by atoms with E-state index in [1.54, 1.807) is 0 Å². The molecular weight excluding hydrogens is 313 g/mol. The molecule has 0 amide bonds. The topological polar surface area (TPSA) is 31.5 Å². The molecule has 0 atom stereocenters. The minimum absolute atomic E-state index is 0. The summed E-state index contributed by atoms with van der Waals surface area (Å²) in [4.78, 5) is 0. The van der Waals surface area contributed by atoms with Crippen molar-refractivity contribution in [1.29, 1.82) is 0 Å². The van der Waals surface area contributed by atoms with E-state index in [0.717, 1.165) is 0 Å². The Bertz CT molecular complexity index is 8.00. The summed E-state index contributed by atoms with van der Waals surface area (Å²) in [5.74, 6) is 0. The fourth-order valence-corrected chi connectivity index (χ4v) is 0. The van der Waals surface area contributed by atoms with Gasteiger partial charge in [0.05, 0.1) is 0 Å². The maximum Gasteiger partial charge on any atom is 0 e. The molecular formula is H4CdOSnZn. The third kappa shape index (κ3) is 8.85. The van der Waals surface area contributed by atoms with Gasteiger partial charge in [0.2, 0.25) is 0 Å². The Hall–Kier alpha value is 2.30. The molecule has 4 heavy (non-hydrogen) atoms. The number of hydrogen-bond acceptors (Lipinski definition) is 0. The van der Waals surface area contributed by atoms with Crippen LogP contribution in [-0.4, -0.2) is 29.4 Å². The third-order valence-corrected chi connectivity index (χ3v) is 0. The Balaban J connectivity index is 0. The SMILES string of the molecule is O.[Cd].[SnH2].[Zn]. The molecule has 18 valence electrons. The molecule has 0 aliphatic heterocycles. The zero-order valence-electron chi connectivity index (χ0n) is 2.62. The van der Waals surface area contributed by atoms with E-state index in [1.807, 2.05) is 0 Å². The Morgan fingerprint density at radius 1 is 1.00 bits per heavy atom. The van der Waals surface area contributed by atoms with Crippen molar-refractivity contribution in [2.24, 2.45) is 0 Å². The molecule has 0 spiro atoms. The molecule has 0 aromatic carbocycles. The number of rotatable bonds is 0. The summed E-state index contributed by atoms with van der Waals surface area (Å²) in [6, 6.07) is 0. The zero-order valence-corrected chi connectivity index (χ0v) is 13.7. The fraction of sp³-hybridized carbons (Fsp3) is 0. The summed E-state index contributed by atoms with van der Waals surface area (Å²) in [6.07, 6.45) is 0. The molecule has 0 aliphatic carbocycles. The molecule has 0 aromatic heterocycles. The van der Waals surface area contributed by atoms with Crippen LogP contribution < -0.4 is 0 Å². The average Bonchev–Trinajstić information content (AvgIpc) is 0. The van der Waals surface area contributed by atoms with E-state index < -0.39 is 0 Å². The van der Waals surface area contributed by atoms with Gasteiger partial charge in [0.15, 0.2) is 0 Å². The van der Waals surface area contributed by atoms with Crippen LogP contribution in [0.15, 0.2) is 0 Å². The molecule has 0 unspecified atom stereocenters. The Kier molecular flexibility index (Phi) is 155. The van der Waals surface area contributed by atoms with Crippen LogP contribution in [-0.2, 0) is 46.8 Å². The summed E-state index contributed by atoms with van der Waals surface area (Å²) in [5.41, 5.74) is 0. The number of hydrogen-bond donors (Lipinski definition) is 0. The Labute approximate surface area is 75.1 Å². The first kappa shape index (κ1) is 33.4. The average molecular weight is 317 g/mol. The second kappa shape index (κ2) is 18.5. The summed E-state index contributed by atoms with van der Waals surface area (Å²) in [6.45, 7) is 0. The van der Waals surface area contributed by atoms with E-state index in [4.69, 9.17) is 0 Å². The summed E-state index contributed by atoms with van der Waals surface area (Å²) < 4.78 is 0. The first-order chi connectivity index (χ1) is 0. The molecule has 0 aromatic rings. The molecule has 0 saturated heterocycles. The van der Waals surface area contributed by atoms with Crippen LogP contribution in [0.2, 0.25) is 0 Å². The van der Waals surface area contributed by atoms with Gasteiger partial charge in [0.25, 0.3) is 0 Å². The van der Waals surface area contributed by atoms with Crippen molar-refractivity contribution in [3.8, 4) is 0 Å². The van der Waals surface area contributed by atoms with Crippen molar-refractivity contribution in [3.05, 3.63) is 0 Å². The summed E-state index contributed by atoms with van der Waals surface area (Å²) in [5, 5.41) is 0. The van der Waals surface area contributed by atoms with Gasteiger partial charge in [-0.3, -0.25) is 0 Å². The van der Waals surface area contributed by atoms with Gasteiger partial charge in [-0.15, -0.1) is 0 Å². The normalized spacial score (nSPS) is 0. The minimum atomic E-state index is 0. The third-order valence-electron chi connectivity index (χ3n) is 0. The van der Waals surface area contributed by atoms with Crippen LogP contribution >= 0.6 is 0 Å². The quantitative estimate of drug-likeness (QED) is 0.475. The van der Waals surface area contributed by atoms with Crippen LogP contribution in [0.25, 0.3) is 0 Å². The smallest absolute Gasteiger partial charge is 0 e. The molecule has 4 heteroatoms. The maximum absolute atomic E-state index is 0. The predicted octanol–water partition coefficient (Wildman–Crippen LogP) is -1.75. The monoisotopic (exact) mass is 318 g/mol. The molecule has 1 nitrogen and oxygen atoms in total. The van der Waals surface area contributed by atoms with E-state index in [-0.39, 0.29) is 76.2 Å². The van der Waals surface area contributed by atoms with E-state index in [1.165, 1.54) is 0 Å². The van der Waals surface area contributed by atoms with Gasteiger partial charge in [0, 0.05) is 46.8 Å². The van der Waals surface area contributed by atoms with Crippen LogP contribution in [0.4, 0.5) is 0 Å². The molecule has 2 radical (unpaired) electrons. The largest absolute Gasteiger partial charge is 0 e. The minimum Gasteiger partial charge on any atom is 0 e. The van der Waals surface area contributed by atoms with Gasteiger partial charge in [-0.25, -0.2) is 0 Å². The first-order valence-electron chi connectivity index (χ1n) is 0. The van der Waals surface area contributed by atoms with Gasteiger partial charge < -0.3 is 5.48 Å². The fourth-order valence-electron chi connectivity index (χ4n) is 0. The summed E-state index contributed by atoms with van der Waals surface area (Å²) in [7, 11) is 0. The molecule has 0 bridgehead atoms.